The molecular weight excluding hydrogens is 424 g/mol. The molecule has 3 aliphatic rings. The van der Waals surface area contributed by atoms with Crippen LogP contribution in [0.5, 0.6) is 0 Å². The van der Waals surface area contributed by atoms with E-state index in [4.69, 9.17) is 9.47 Å². The van der Waals surface area contributed by atoms with Crippen LogP contribution < -0.4 is 0 Å². The van der Waals surface area contributed by atoms with Gasteiger partial charge in [-0.1, -0.05) is 12.5 Å². The summed E-state index contributed by atoms with van der Waals surface area (Å²) in [5.41, 5.74) is 4.36. The van der Waals surface area contributed by atoms with Crippen molar-refractivity contribution >= 4 is 17.8 Å². The summed E-state index contributed by atoms with van der Waals surface area (Å²) in [5, 5.41) is 11.0. The fourth-order valence-corrected chi connectivity index (χ4v) is 5.07. The summed E-state index contributed by atoms with van der Waals surface area (Å²) in [6.07, 6.45) is 3.10. The summed E-state index contributed by atoms with van der Waals surface area (Å²) in [6, 6.07) is 3.71. The number of carbonyl (C=O) groups is 3. The van der Waals surface area contributed by atoms with Crippen molar-refractivity contribution < 1.29 is 29.0 Å². The number of hydrogen-bond donors (Lipinski definition) is 1. The smallest absolute Gasteiger partial charge is 0.338 e. The maximum atomic E-state index is 13.0. The van der Waals surface area contributed by atoms with Gasteiger partial charge in [0.05, 0.1) is 22.9 Å². The van der Waals surface area contributed by atoms with Gasteiger partial charge >= 0.3 is 11.9 Å². The summed E-state index contributed by atoms with van der Waals surface area (Å²) >= 11 is 0. The molecule has 1 aromatic carbocycles. The molecule has 0 aromatic heterocycles. The van der Waals surface area contributed by atoms with Crippen molar-refractivity contribution in [1.82, 2.24) is 9.80 Å². The lowest BCUT2D eigenvalue weighted by molar-refractivity contribution is -0.136. The molecule has 1 saturated heterocycles. The van der Waals surface area contributed by atoms with Crippen LogP contribution >= 0.6 is 0 Å². The van der Waals surface area contributed by atoms with Gasteiger partial charge < -0.3 is 24.4 Å². The molecule has 1 aromatic rings. The van der Waals surface area contributed by atoms with E-state index < -0.39 is 6.10 Å². The maximum Gasteiger partial charge on any atom is 0.338 e. The van der Waals surface area contributed by atoms with E-state index in [1.54, 1.807) is 17.9 Å². The van der Waals surface area contributed by atoms with Crippen LogP contribution in [0.2, 0.25) is 0 Å². The van der Waals surface area contributed by atoms with Crippen LogP contribution in [0.15, 0.2) is 23.4 Å². The van der Waals surface area contributed by atoms with Crippen molar-refractivity contribution in [3.63, 3.8) is 0 Å². The van der Waals surface area contributed by atoms with Crippen molar-refractivity contribution in [2.24, 2.45) is 0 Å². The zero-order valence-corrected chi connectivity index (χ0v) is 19.6. The van der Waals surface area contributed by atoms with E-state index in [-0.39, 0.29) is 37.1 Å². The van der Waals surface area contributed by atoms with Crippen molar-refractivity contribution in [2.75, 3.05) is 26.7 Å². The van der Waals surface area contributed by atoms with Crippen LogP contribution in [-0.4, -0.2) is 65.5 Å². The lowest BCUT2D eigenvalue weighted by atomic mass is 9.94. The average molecular weight is 457 g/mol. The second kappa shape index (κ2) is 9.65. The topological polar surface area (TPSA) is 96.4 Å². The Bertz CT molecular complexity index is 1000. The van der Waals surface area contributed by atoms with Crippen LogP contribution in [0.3, 0.4) is 0 Å². The number of hydrogen-bond acceptors (Lipinski definition) is 7. The first-order valence-electron chi connectivity index (χ1n) is 11.6. The highest BCUT2D eigenvalue weighted by atomic mass is 16.5. The standard InChI is InChI=1S/C25H32N2O6/c1-15-18(8-9-19-20(15)13-32-25(19)31)22(28)12-26(3)17-6-4-5-11-27(23(29)10-7-17)21-14-33-24(30)16(21)2/h8-9,17,22,28H,4-7,10-14H2,1-3H3/t17-,22-/m0/s1. The molecule has 33 heavy (non-hydrogen) atoms. The van der Waals surface area contributed by atoms with E-state index in [9.17, 15) is 19.5 Å². The molecule has 3 aliphatic heterocycles. The Hall–Kier alpha value is -2.71. The molecule has 0 aliphatic carbocycles. The van der Waals surface area contributed by atoms with Gasteiger partial charge in [0.15, 0.2) is 0 Å². The lowest BCUT2D eigenvalue weighted by Gasteiger charge is -2.30. The average Bonchev–Trinajstić information content (AvgIpc) is 3.34. The minimum Gasteiger partial charge on any atom is -0.457 e. The van der Waals surface area contributed by atoms with E-state index in [0.717, 1.165) is 36.0 Å². The second-order valence-electron chi connectivity index (χ2n) is 9.22. The number of nitrogens with zero attached hydrogens (tertiary/aromatic N) is 2. The highest BCUT2D eigenvalue weighted by Crippen LogP contribution is 2.30. The molecule has 4 rings (SSSR count). The first-order chi connectivity index (χ1) is 15.8. The normalized spacial score (nSPS) is 22.6. The largest absolute Gasteiger partial charge is 0.457 e. The highest BCUT2D eigenvalue weighted by Gasteiger charge is 2.31. The van der Waals surface area contributed by atoms with Gasteiger partial charge in [0.25, 0.3) is 0 Å². The number of carbonyl (C=O) groups excluding carboxylic acids is 3. The number of likely N-dealkylation sites (N-methyl/N-ethyl adjacent to an activating group) is 1. The van der Waals surface area contributed by atoms with Crippen LogP contribution in [0, 0.1) is 6.92 Å². The molecule has 0 radical (unpaired) electrons. The van der Waals surface area contributed by atoms with E-state index in [1.807, 2.05) is 20.0 Å². The Kier molecular flexibility index (Phi) is 6.86. The Morgan fingerprint density at radius 3 is 2.58 bits per heavy atom. The summed E-state index contributed by atoms with van der Waals surface area (Å²) in [4.78, 5) is 40.4. The van der Waals surface area contributed by atoms with Crippen LogP contribution in [0.4, 0.5) is 0 Å². The molecule has 0 unspecified atom stereocenters. The molecule has 0 bridgehead atoms. The molecule has 0 saturated carbocycles. The predicted octanol–water partition coefficient (Wildman–Crippen LogP) is 2.62. The molecule has 1 amide bonds. The third kappa shape index (κ3) is 4.68. The summed E-state index contributed by atoms with van der Waals surface area (Å²) in [5.74, 6) is -0.639. The number of ether oxygens (including phenoxy) is 2. The fraction of sp³-hybridized carbons (Fsp3) is 0.560. The molecular formula is C25H32N2O6. The van der Waals surface area contributed by atoms with E-state index in [0.29, 0.717) is 42.8 Å². The molecule has 2 atom stereocenters. The van der Waals surface area contributed by atoms with Crippen molar-refractivity contribution in [3.05, 3.63) is 45.7 Å². The number of amides is 1. The summed E-state index contributed by atoms with van der Waals surface area (Å²) in [6.45, 7) is 5.08. The maximum absolute atomic E-state index is 13.0. The third-order valence-electron chi connectivity index (χ3n) is 7.22. The Balaban J connectivity index is 1.41. The molecule has 178 valence electrons. The quantitative estimate of drug-likeness (QED) is 0.681. The number of aliphatic hydroxyl groups is 1. The van der Waals surface area contributed by atoms with Gasteiger partial charge in [0.2, 0.25) is 5.91 Å². The van der Waals surface area contributed by atoms with Gasteiger partial charge in [-0.2, -0.15) is 0 Å². The van der Waals surface area contributed by atoms with Gasteiger partial charge in [-0.15, -0.1) is 0 Å². The number of esters is 2. The van der Waals surface area contributed by atoms with Gasteiger partial charge in [-0.25, -0.2) is 9.59 Å². The molecule has 0 spiro atoms. The van der Waals surface area contributed by atoms with E-state index in [1.165, 1.54) is 0 Å². The Morgan fingerprint density at radius 1 is 1.09 bits per heavy atom. The zero-order valence-electron chi connectivity index (χ0n) is 19.6. The SMILES string of the molecule is CC1=C(N2CCCC[C@H](N(C)C[C@H](O)c3ccc4c(c3C)COC4=O)CCC2=O)COC1=O. The summed E-state index contributed by atoms with van der Waals surface area (Å²) < 4.78 is 10.2. The van der Waals surface area contributed by atoms with Gasteiger partial charge in [0, 0.05) is 31.1 Å². The van der Waals surface area contributed by atoms with Gasteiger partial charge in [0.1, 0.15) is 13.2 Å². The van der Waals surface area contributed by atoms with Crippen molar-refractivity contribution in [1.29, 1.82) is 0 Å². The molecule has 1 N–H and O–H groups in total. The number of rotatable bonds is 5. The minimum atomic E-state index is -0.703. The number of cyclic esters (lactones) is 2. The monoisotopic (exact) mass is 456 g/mol. The van der Waals surface area contributed by atoms with Crippen LogP contribution in [0.1, 0.15) is 72.2 Å². The number of fused-ring (bicyclic) bond motifs is 1. The van der Waals surface area contributed by atoms with Gasteiger partial charge in [-0.3, -0.25) is 4.79 Å². The van der Waals surface area contributed by atoms with E-state index >= 15 is 0 Å². The second-order valence-corrected chi connectivity index (χ2v) is 9.22. The highest BCUT2D eigenvalue weighted by molar-refractivity contribution is 5.94. The van der Waals surface area contributed by atoms with E-state index in [2.05, 4.69) is 4.90 Å². The number of aliphatic hydroxyl groups excluding tert-OH is 1. The van der Waals surface area contributed by atoms with Crippen molar-refractivity contribution in [3.8, 4) is 0 Å². The third-order valence-corrected chi connectivity index (χ3v) is 7.22. The molecule has 8 heteroatoms. The fourth-order valence-electron chi connectivity index (χ4n) is 5.07. The first-order valence-corrected chi connectivity index (χ1v) is 11.6. The van der Waals surface area contributed by atoms with Crippen LogP contribution in [0.25, 0.3) is 0 Å². The lowest BCUT2D eigenvalue weighted by Crippen LogP contribution is -2.36. The Morgan fingerprint density at radius 2 is 1.85 bits per heavy atom. The van der Waals surface area contributed by atoms with Crippen LogP contribution in [-0.2, 0) is 25.7 Å². The number of benzene rings is 1. The molecule has 8 nitrogen and oxygen atoms in total. The molecule has 1 fully saturated rings. The zero-order chi connectivity index (χ0) is 23.7. The summed E-state index contributed by atoms with van der Waals surface area (Å²) in [7, 11) is 1.99. The van der Waals surface area contributed by atoms with Crippen molar-refractivity contribution in [2.45, 2.75) is 64.7 Å². The predicted molar refractivity (Wildman–Crippen MR) is 120 cm³/mol. The first kappa shape index (κ1) is 23.4. The van der Waals surface area contributed by atoms with Gasteiger partial charge in [-0.05, 0) is 57.4 Å². The molecule has 3 heterocycles. The minimum absolute atomic E-state index is 0.0163. The Labute approximate surface area is 194 Å².